The van der Waals surface area contributed by atoms with Crippen molar-refractivity contribution in [3.05, 3.63) is 53.5 Å². The van der Waals surface area contributed by atoms with Gasteiger partial charge in [-0.2, -0.15) is 0 Å². The SMILES string of the molecule is COc1ccc(C(CN)N(C)Cc2ccc(C)o2)cc1. The summed E-state index contributed by atoms with van der Waals surface area (Å²) < 4.78 is 10.8. The second kappa shape index (κ2) is 6.59. The Hall–Kier alpha value is -1.78. The highest BCUT2D eigenvalue weighted by Gasteiger charge is 2.16. The van der Waals surface area contributed by atoms with Gasteiger partial charge in [0.25, 0.3) is 0 Å². The van der Waals surface area contributed by atoms with Crippen molar-refractivity contribution in [3.8, 4) is 5.75 Å². The minimum absolute atomic E-state index is 0.159. The van der Waals surface area contributed by atoms with E-state index in [9.17, 15) is 0 Å². The zero-order valence-corrected chi connectivity index (χ0v) is 12.3. The van der Waals surface area contributed by atoms with Gasteiger partial charge < -0.3 is 14.9 Å². The smallest absolute Gasteiger partial charge is 0.118 e. The zero-order chi connectivity index (χ0) is 14.5. The van der Waals surface area contributed by atoms with Crippen LogP contribution in [0, 0.1) is 6.92 Å². The Kier molecular flexibility index (Phi) is 4.82. The highest BCUT2D eigenvalue weighted by molar-refractivity contribution is 5.29. The van der Waals surface area contributed by atoms with Crippen LogP contribution in [0.4, 0.5) is 0 Å². The predicted molar refractivity (Wildman–Crippen MR) is 79.7 cm³/mol. The Morgan fingerprint density at radius 3 is 2.40 bits per heavy atom. The van der Waals surface area contributed by atoms with Crippen LogP contribution in [0.5, 0.6) is 5.75 Å². The number of methoxy groups -OCH3 is 1. The Morgan fingerprint density at radius 1 is 1.20 bits per heavy atom. The van der Waals surface area contributed by atoms with Crippen LogP contribution in [-0.4, -0.2) is 25.6 Å². The van der Waals surface area contributed by atoms with Crippen molar-refractivity contribution in [2.75, 3.05) is 20.7 Å². The summed E-state index contributed by atoms with van der Waals surface area (Å²) >= 11 is 0. The molecule has 1 atom stereocenters. The van der Waals surface area contributed by atoms with Crippen LogP contribution in [-0.2, 0) is 6.54 Å². The lowest BCUT2D eigenvalue weighted by molar-refractivity contribution is 0.221. The van der Waals surface area contributed by atoms with Gasteiger partial charge in [0.1, 0.15) is 17.3 Å². The number of benzene rings is 1. The number of nitrogens with zero attached hydrogens (tertiary/aromatic N) is 1. The summed E-state index contributed by atoms with van der Waals surface area (Å²) in [5, 5.41) is 0. The summed E-state index contributed by atoms with van der Waals surface area (Å²) in [6.45, 7) is 3.25. The van der Waals surface area contributed by atoms with Gasteiger partial charge in [-0.3, -0.25) is 4.90 Å². The molecule has 0 aliphatic rings. The van der Waals surface area contributed by atoms with Crippen LogP contribution in [0.2, 0.25) is 0 Å². The first-order chi connectivity index (χ1) is 9.63. The largest absolute Gasteiger partial charge is 0.497 e. The van der Waals surface area contributed by atoms with E-state index in [2.05, 4.69) is 24.1 Å². The molecule has 0 saturated carbocycles. The van der Waals surface area contributed by atoms with E-state index in [0.717, 1.165) is 23.8 Å². The molecule has 1 aromatic carbocycles. The van der Waals surface area contributed by atoms with E-state index in [-0.39, 0.29) is 6.04 Å². The van der Waals surface area contributed by atoms with Crippen molar-refractivity contribution in [3.63, 3.8) is 0 Å². The Labute approximate surface area is 120 Å². The molecule has 0 radical (unpaired) electrons. The average Bonchev–Trinajstić information content (AvgIpc) is 2.85. The lowest BCUT2D eigenvalue weighted by atomic mass is 10.1. The Morgan fingerprint density at radius 2 is 1.90 bits per heavy atom. The summed E-state index contributed by atoms with van der Waals surface area (Å²) in [7, 11) is 3.72. The van der Waals surface area contributed by atoms with Crippen LogP contribution in [0.3, 0.4) is 0 Å². The number of ether oxygens (including phenoxy) is 1. The first-order valence-corrected chi connectivity index (χ1v) is 6.73. The van der Waals surface area contributed by atoms with Crippen LogP contribution in [0.1, 0.15) is 23.1 Å². The van der Waals surface area contributed by atoms with Crippen LogP contribution in [0.15, 0.2) is 40.8 Å². The number of hydrogen-bond donors (Lipinski definition) is 1. The van der Waals surface area contributed by atoms with Gasteiger partial charge in [0, 0.05) is 12.6 Å². The van der Waals surface area contributed by atoms with E-state index in [1.165, 1.54) is 5.56 Å². The van der Waals surface area contributed by atoms with Gasteiger partial charge in [-0.05, 0) is 43.8 Å². The molecule has 0 aliphatic carbocycles. The molecule has 2 rings (SSSR count). The number of rotatable bonds is 6. The molecule has 0 saturated heterocycles. The number of hydrogen-bond acceptors (Lipinski definition) is 4. The predicted octanol–water partition coefficient (Wildman–Crippen LogP) is 2.73. The molecule has 108 valence electrons. The summed E-state index contributed by atoms with van der Waals surface area (Å²) in [6, 6.07) is 12.2. The third-order valence-corrected chi connectivity index (χ3v) is 3.46. The lowest BCUT2D eigenvalue weighted by Crippen LogP contribution is -2.30. The second-order valence-electron chi connectivity index (χ2n) is 4.95. The third-order valence-electron chi connectivity index (χ3n) is 3.46. The Balaban J connectivity index is 2.09. The number of nitrogens with two attached hydrogens (primary N) is 1. The van der Waals surface area contributed by atoms with Crippen molar-refractivity contribution in [1.82, 2.24) is 4.90 Å². The number of likely N-dealkylation sites (N-methyl/N-ethyl adjacent to an activating group) is 1. The molecule has 0 aliphatic heterocycles. The van der Waals surface area contributed by atoms with E-state index < -0.39 is 0 Å². The van der Waals surface area contributed by atoms with Crippen molar-refractivity contribution in [1.29, 1.82) is 0 Å². The third kappa shape index (κ3) is 3.40. The summed E-state index contributed by atoms with van der Waals surface area (Å²) in [6.07, 6.45) is 0. The highest BCUT2D eigenvalue weighted by atomic mass is 16.5. The van der Waals surface area contributed by atoms with Crippen LogP contribution < -0.4 is 10.5 Å². The van der Waals surface area contributed by atoms with Gasteiger partial charge in [-0.25, -0.2) is 0 Å². The number of aryl methyl sites for hydroxylation is 1. The molecular weight excluding hydrogens is 252 g/mol. The minimum atomic E-state index is 0.159. The van der Waals surface area contributed by atoms with Gasteiger partial charge in [0.15, 0.2) is 0 Å². The van der Waals surface area contributed by atoms with Gasteiger partial charge >= 0.3 is 0 Å². The maximum atomic E-state index is 5.93. The quantitative estimate of drug-likeness (QED) is 0.880. The molecule has 1 aromatic heterocycles. The molecule has 0 bridgehead atoms. The second-order valence-corrected chi connectivity index (χ2v) is 4.95. The molecule has 4 nitrogen and oxygen atoms in total. The summed E-state index contributed by atoms with van der Waals surface area (Å²) in [5.41, 5.74) is 7.11. The van der Waals surface area contributed by atoms with E-state index in [1.54, 1.807) is 7.11 Å². The average molecular weight is 274 g/mol. The molecule has 1 heterocycles. The van der Waals surface area contributed by atoms with E-state index >= 15 is 0 Å². The maximum absolute atomic E-state index is 5.93. The maximum Gasteiger partial charge on any atom is 0.118 e. The van der Waals surface area contributed by atoms with Gasteiger partial charge in [0.2, 0.25) is 0 Å². The van der Waals surface area contributed by atoms with Crippen molar-refractivity contribution < 1.29 is 9.15 Å². The first kappa shape index (κ1) is 14.6. The number of furan rings is 1. The topological polar surface area (TPSA) is 51.6 Å². The van der Waals surface area contributed by atoms with Gasteiger partial charge in [-0.1, -0.05) is 12.1 Å². The van der Waals surface area contributed by atoms with Crippen LogP contribution >= 0.6 is 0 Å². The molecule has 2 aromatic rings. The molecule has 4 heteroatoms. The van der Waals surface area contributed by atoms with Crippen molar-refractivity contribution >= 4 is 0 Å². The van der Waals surface area contributed by atoms with E-state index in [0.29, 0.717) is 6.54 Å². The normalized spacial score (nSPS) is 12.7. The fourth-order valence-electron chi connectivity index (χ4n) is 2.32. The fourth-order valence-corrected chi connectivity index (χ4v) is 2.32. The van der Waals surface area contributed by atoms with Crippen LogP contribution in [0.25, 0.3) is 0 Å². The van der Waals surface area contributed by atoms with Gasteiger partial charge in [-0.15, -0.1) is 0 Å². The lowest BCUT2D eigenvalue weighted by Gasteiger charge is -2.26. The molecule has 20 heavy (non-hydrogen) atoms. The summed E-state index contributed by atoms with van der Waals surface area (Å²) in [5.74, 6) is 2.74. The van der Waals surface area contributed by atoms with Gasteiger partial charge in [0.05, 0.1) is 13.7 Å². The molecule has 0 spiro atoms. The molecule has 1 unspecified atom stereocenters. The molecule has 0 amide bonds. The fraction of sp³-hybridized carbons (Fsp3) is 0.375. The summed E-state index contributed by atoms with van der Waals surface area (Å²) in [4.78, 5) is 2.19. The van der Waals surface area contributed by atoms with Crippen molar-refractivity contribution in [2.45, 2.75) is 19.5 Å². The molecule has 2 N–H and O–H groups in total. The first-order valence-electron chi connectivity index (χ1n) is 6.73. The monoisotopic (exact) mass is 274 g/mol. The molecule has 0 fully saturated rings. The highest BCUT2D eigenvalue weighted by Crippen LogP contribution is 2.23. The standard InChI is InChI=1S/C16H22N2O2/c1-12-4-7-15(20-12)11-18(2)16(10-17)13-5-8-14(19-3)9-6-13/h4-9,16H,10-11,17H2,1-3H3. The molecular formula is C16H22N2O2. The van der Waals surface area contributed by atoms with E-state index in [4.69, 9.17) is 14.9 Å². The van der Waals surface area contributed by atoms with E-state index in [1.807, 2.05) is 31.2 Å². The minimum Gasteiger partial charge on any atom is -0.497 e. The zero-order valence-electron chi connectivity index (χ0n) is 12.3. The Bertz CT molecular complexity index is 534. The van der Waals surface area contributed by atoms with Crippen molar-refractivity contribution in [2.24, 2.45) is 5.73 Å².